The van der Waals surface area contributed by atoms with Crippen LogP contribution in [0.15, 0.2) is 66.9 Å². The number of nitrogens with one attached hydrogen (secondary N) is 1. The Hall–Kier alpha value is -4.35. The first-order valence-electron chi connectivity index (χ1n) is 12.6. The molecule has 5 N–H and O–H groups in total. The highest BCUT2D eigenvalue weighted by Gasteiger charge is 2.35. The topological polar surface area (TPSA) is 154 Å². The second-order valence-electron chi connectivity index (χ2n) is 9.30. The van der Waals surface area contributed by atoms with Crippen LogP contribution < -0.4 is 16.8 Å². The van der Waals surface area contributed by atoms with Gasteiger partial charge in [-0.1, -0.05) is 42.5 Å². The monoisotopic (exact) mass is 544 g/mol. The number of nitrogens with zero attached hydrogens (tertiary/aromatic N) is 3. The van der Waals surface area contributed by atoms with Crippen molar-refractivity contribution in [3.8, 4) is 0 Å². The van der Waals surface area contributed by atoms with Crippen LogP contribution in [0.1, 0.15) is 50.2 Å². The van der Waals surface area contributed by atoms with Gasteiger partial charge in [-0.05, 0) is 53.7 Å². The molecule has 11 heteroatoms. The van der Waals surface area contributed by atoms with Gasteiger partial charge in [0.15, 0.2) is 5.69 Å². The van der Waals surface area contributed by atoms with Crippen LogP contribution in [0.5, 0.6) is 0 Å². The van der Waals surface area contributed by atoms with E-state index in [2.05, 4.69) is 14.7 Å². The Morgan fingerprint density at radius 1 is 1.13 bits per heavy atom. The molecule has 2 aromatic heterocycles. The molecule has 1 fully saturated rings. The fourth-order valence-electron chi connectivity index (χ4n) is 4.67. The van der Waals surface area contributed by atoms with E-state index in [-0.39, 0.29) is 34.8 Å². The summed E-state index contributed by atoms with van der Waals surface area (Å²) in [6.45, 7) is 1.09. The van der Waals surface area contributed by atoms with Crippen molar-refractivity contribution in [1.82, 2.24) is 19.6 Å². The third-order valence-electron chi connectivity index (χ3n) is 6.64. The Bertz CT molecular complexity index is 1500. The number of hydrogen-bond donors (Lipinski definition) is 3. The Kier molecular flexibility index (Phi) is 7.80. The first-order valence-corrected chi connectivity index (χ1v) is 13.3. The minimum absolute atomic E-state index is 0.0408. The zero-order valence-corrected chi connectivity index (χ0v) is 21.9. The summed E-state index contributed by atoms with van der Waals surface area (Å²) in [6, 6.07) is 17.5. The number of ether oxygens (including phenoxy) is 1. The minimum atomic E-state index is -1.03. The van der Waals surface area contributed by atoms with E-state index in [0.29, 0.717) is 18.7 Å². The van der Waals surface area contributed by atoms with Gasteiger partial charge in [-0.25, -0.2) is 0 Å². The van der Waals surface area contributed by atoms with Crippen LogP contribution in [0.25, 0.3) is 10.9 Å². The van der Waals surface area contributed by atoms with Crippen LogP contribution in [0, 0.1) is 0 Å². The SMILES string of the molecule is NC(=O)c1nsc(C(=O)N(Cc2ccccc2)[C@@H](C(=O)NC[C@H]2CCCO2)c2ccc3ncccc3c2)c1N. The molecule has 3 amide bonds. The predicted octanol–water partition coefficient (Wildman–Crippen LogP) is 3.05. The van der Waals surface area contributed by atoms with Gasteiger partial charge in [-0.2, -0.15) is 4.37 Å². The van der Waals surface area contributed by atoms with Gasteiger partial charge in [0.25, 0.3) is 11.8 Å². The number of carbonyl (C=O) groups excluding carboxylic acids is 3. The molecule has 10 nitrogen and oxygen atoms in total. The van der Waals surface area contributed by atoms with Crippen molar-refractivity contribution in [2.75, 3.05) is 18.9 Å². The molecule has 2 aromatic carbocycles. The summed E-state index contributed by atoms with van der Waals surface area (Å²) in [6.07, 6.45) is 3.41. The van der Waals surface area contributed by atoms with E-state index in [0.717, 1.165) is 40.8 Å². The summed E-state index contributed by atoms with van der Waals surface area (Å²) >= 11 is 0.783. The van der Waals surface area contributed by atoms with E-state index in [4.69, 9.17) is 16.2 Å². The molecule has 0 unspecified atom stereocenters. The second kappa shape index (κ2) is 11.6. The van der Waals surface area contributed by atoms with Crippen LogP contribution in [0.4, 0.5) is 5.69 Å². The number of rotatable bonds is 9. The number of nitrogens with two attached hydrogens (primary N) is 2. The van der Waals surface area contributed by atoms with E-state index in [1.807, 2.05) is 54.6 Å². The first-order chi connectivity index (χ1) is 18.9. The van der Waals surface area contributed by atoms with Crippen LogP contribution >= 0.6 is 11.5 Å². The second-order valence-corrected chi connectivity index (χ2v) is 10.1. The first kappa shape index (κ1) is 26.3. The minimum Gasteiger partial charge on any atom is -0.395 e. The Morgan fingerprint density at radius 2 is 1.95 bits per heavy atom. The number of anilines is 1. The van der Waals surface area contributed by atoms with Gasteiger partial charge in [0.05, 0.1) is 17.3 Å². The van der Waals surface area contributed by atoms with Crippen molar-refractivity contribution < 1.29 is 19.1 Å². The summed E-state index contributed by atoms with van der Waals surface area (Å²) < 4.78 is 9.69. The molecule has 1 aliphatic heterocycles. The highest BCUT2D eigenvalue weighted by atomic mass is 32.1. The molecule has 0 bridgehead atoms. The summed E-state index contributed by atoms with van der Waals surface area (Å²) in [7, 11) is 0. The summed E-state index contributed by atoms with van der Waals surface area (Å²) in [5.74, 6) is -1.73. The number of primary amides is 1. The fraction of sp³-hybridized carbons (Fsp3) is 0.250. The zero-order valence-electron chi connectivity index (χ0n) is 21.1. The molecule has 0 spiro atoms. The van der Waals surface area contributed by atoms with Crippen molar-refractivity contribution in [2.45, 2.75) is 31.5 Å². The lowest BCUT2D eigenvalue weighted by atomic mass is 10.00. The number of pyridine rings is 1. The number of aromatic nitrogens is 2. The lowest BCUT2D eigenvalue weighted by Crippen LogP contribution is -2.45. The molecule has 5 rings (SSSR count). The Balaban J connectivity index is 1.59. The molecule has 0 saturated carbocycles. The van der Waals surface area contributed by atoms with Crippen LogP contribution in [0.3, 0.4) is 0 Å². The van der Waals surface area contributed by atoms with Crippen LogP contribution in [-0.4, -0.2) is 51.2 Å². The lowest BCUT2D eigenvalue weighted by molar-refractivity contribution is -0.126. The standard InChI is InChI=1S/C28H28N6O4S/c29-22-23(26(30)35)33-39-25(22)28(37)34(16-17-6-2-1-3-7-17)24(27(36)32-15-20-9-5-13-38-20)19-10-11-21-18(14-19)8-4-12-31-21/h1-4,6-8,10-12,14,20,24H,5,9,13,15-16,29H2,(H2,30,35)(H,32,36)/t20-,24-/m1/s1. The number of carbonyl (C=O) groups is 3. The van der Waals surface area contributed by atoms with Gasteiger partial charge in [0.2, 0.25) is 5.91 Å². The van der Waals surface area contributed by atoms with E-state index in [1.165, 1.54) is 4.90 Å². The summed E-state index contributed by atoms with van der Waals surface area (Å²) in [4.78, 5) is 45.7. The third kappa shape index (κ3) is 5.74. The molecule has 2 atom stereocenters. The lowest BCUT2D eigenvalue weighted by Gasteiger charge is -2.32. The summed E-state index contributed by atoms with van der Waals surface area (Å²) in [5, 5.41) is 3.82. The van der Waals surface area contributed by atoms with Gasteiger partial charge in [0.1, 0.15) is 10.9 Å². The maximum absolute atomic E-state index is 14.1. The number of amides is 3. The predicted molar refractivity (Wildman–Crippen MR) is 148 cm³/mol. The van der Waals surface area contributed by atoms with Crippen molar-refractivity contribution in [3.63, 3.8) is 0 Å². The molecule has 200 valence electrons. The van der Waals surface area contributed by atoms with Gasteiger partial charge in [0, 0.05) is 31.3 Å². The third-order valence-corrected chi connectivity index (χ3v) is 7.49. The number of nitrogen functional groups attached to an aromatic ring is 1. The van der Waals surface area contributed by atoms with Gasteiger partial charge >= 0.3 is 0 Å². The Morgan fingerprint density at radius 3 is 2.67 bits per heavy atom. The average molecular weight is 545 g/mol. The molecular formula is C28H28N6O4S. The molecular weight excluding hydrogens is 516 g/mol. The fourth-order valence-corrected chi connectivity index (χ4v) is 5.43. The highest BCUT2D eigenvalue weighted by Crippen LogP contribution is 2.31. The van der Waals surface area contributed by atoms with E-state index in [9.17, 15) is 14.4 Å². The molecule has 0 radical (unpaired) electrons. The molecule has 1 aliphatic rings. The molecule has 3 heterocycles. The Labute approximate surface area is 229 Å². The molecule has 39 heavy (non-hydrogen) atoms. The van der Waals surface area contributed by atoms with E-state index in [1.54, 1.807) is 12.3 Å². The van der Waals surface area contributed by atoms with Crippen molar-refractivity contribution in [1.29, 1.82) is 0 Å². The smallest absolute Gasteiger partial charge is 0.270 e. The van der Waals surface area contributed by atoms with E-state index < -0.39 is 17.9 Å². The van der Waals surface area contributed by atoms with Crippen LogP contribution in [-0.2, 0) is 16.1 Å². The number of benzene rings is 2. The molecule has 4 aromatic rings. The van der Waals surface area contributed by atoms with E-state index >= 15 is 0 Å². The van der Waals surface area contributed by atoms with Crippen LogP contribution in [0.2, 0.25) is 0 Å². The number of hydrogen-bond acceptors (Lipinski definition) is 8. The molecule has 1 saturated heterocycles. The number of fused-ring (bicyclic) bond motifs is 1. The van der Waals surface area contributed by atoms with Crippen molar-refractivity contribution in [2.24, 2.45) is 5.73 Å². The van der Waals surface area contributed by atoms with Gasteiger partial charge in [-0.15, -0.1) is 0 Å². The average Bonchev–Trinajstić information content (AvgIpc) is 3.61. The normalized spacial score (nSPS) is 15.6. The van der Waals surface area contributed by atoms with Crippen molar-refractivity contribution in [3.05, 3.63) is 88.6 Å². The molecule has 0 aliphatic carbocycles. The van der Waals surface area contributed by atoms with Gasteiger partial charge < -0.3 is 26.4 Å². The largest absolute Gasteiger partial charge is 0.395 e. The maximum Gasteiger partial charge on any atom is 0.270 e. The van der Waals surface area contributed by atoms with Crippen molar-refractivity contribution >= 4 is 45.8 Å². The highest BCUT2D eigenvalue weighted by molar-refractivity contribution is 7.09. The maximum atomic E-state index is 14.1. The quantitative estimate of drug-likeness (QED) is 0.293. The summed E-state index contributed by atoms with van der Waals surface area (Å²) in [5.41, 5.74) is 13.4. The van der Waals surface area contributed by atoms with Gasteiger partial charge in [-0.3, -0.25) is 19.4 Å². The zero-order chi connectivity index (χ0) is 27.4.